The first-order chi connectivity index (χ1) is 17.8. The van der Waals surface area contributed by atoms with E-state index in [1.807, 2.05) is 30.5 Å². The van der Waals surface area contributed by atoms with E-state index in [2.05, 4.69) is 30.9 Å². The van der Waals surface area contributed by atoms with E-state index < -0.39 is 10.0 Å². The van der Waals surface area contributed by atoms with Crippen LogP contribution < -0.4 is 14.5 Å². The third-order valence-corrected chi connectivity index (χ3v) is 9.53. The van der Waals surface area contributed by atoms with E-state index in [4.69, 9.17) is 4.98 Å². The fourth-order valence-corrected chi connectivity index (χ4v) is 6.86. The first kappa shape index (κ1) is 23.0. The lowest BCUT2D eigenvalue weighted by Crippen LogP contribution is -2.60. The number of nitrogens with zero attached hydrogens (tertiary/aromatic N) is 6. The first-order valence-corrected chi connectivity index (χ1v) is 15.2. The molecule has 194 valence electrons. The van der Waals surface area contributed by atoms with Gasteiger partial charge in [-0.3, -0.25) is 4.72 Å². The molecule has 0 bridgehead atoms. The number of aromatic nitrogens is 4. The van der Waals surface area contributed by atoms with E-state index >= 15 is 0 Å². The number of sulfonamides is 1. The Hall–Kier alpha value is -3.14. The lowest BCUT2D eigenvalue weighted by atomic mass is 9.63. The third-order valence-electron chi connectivity index (χ3n) is 8.93. The van der Waals surface area contributed by atoms with Crippen molar-refractivity contribution in [1.29, 1.82) is 0 Å². The molecule has 1 N–H and O–H groups in total. The molecule has 10 heteroatoms. The maximum absolute atomic E-state index is 11.9. The van der Waals surface area contributed by atoms with Gasteiger partial charge in [0.1, 0.15) is 11.5 Å². The van der Waals surface area contributed by atoms with E-state index in [9.17, 15) is 8.42 Å². The van der Waals surface area contributed by atoms with Gasteiger partial charge in [-0.05, 0) is 74.3 Å². The Labute approximate surface area is 217 Å². The second-order valence-electron chi connectivity index (χ2n) is 11.7. The van der Waals surface area contributed by atoms with Crippen molar-refractivity contribution in [2.24, 2.45) is 10.8 Å². The molecule has 0 radical (unpaired) electrons. The van der Waals surface area contributed by atoms with E-state index in [-0.39, 0.29) is 0 Å². The molecule has 4 fully saturated rings. The Morgan fingerprint density at radius 3 is 2.32 bits per heavy atom. The molecule has 2 aliphatic heterocycles. The van der Waals surface area contributed by atoms with Crippen molar-refractivity contribution in [2.75, 3.05) is 47.0 Å². The van der Waals surface area contributed by atoms with Crippen molar-refractivity contribution < 1.29 is 8.42 Å². The van der Waals surface area contributed by atoms with Crippen LogP contribution in [0.3, 0.4) is 0 Å². The van der Waals surface area contributed by atoms with Gasteiger partial charge in [0.15, 0.2) is 0 Å². The summed E-state index contributed by atoms with van der Waals surface area (Å²) in [6, 6.07) is 11.7. The predicted octanol–water partition coefficient (Wildman–Crippen LogP) is 4.07. The smallest absolute Gasteiger partial charge is 0.229 e. The van der Waals surface area contributed by atoms with Gasteiger partial charge in [-0.25, -0.2) is 18.1 Å². The molecule has 0 amide bonds. The van der Waals surface area contributed by atoms with Crippen molar-refractivity contribution >= 4 is 27.2 Å². The van der Waals surface area contributed by atoms with Crippen LogP contribution in [0.5, 0.6) is 0 Å². The van der Waals surface area contributed by atoms with Gasteiger partial charge in [0.05, 0.1) is 35.2 Å². The van der Waals surface area contributed by atoms with Crippen molar-refractivity contribution in [3.63, 3.8) is 0 Å². The molecule has 0 atom stereocenters. The molecular formula is C27H33N7O2S. The summed E-state index contributed by atoms with van der Waals surface area (Å²) in [5.74, 6) is 1.00. The molecule has 9 nitrogen and oxygen atoms in total. The van der Waals surface area contributed by atoms with E-state index in [1.165, 1.54) is 51.2 Å². The molecule has 2 aliphatic carbocycles. The molecule has 4 aliphatic rings. The number of benzene rings is 1. The van der Waals surface area contributed by atoms with E-state index in [1.54, 1.807) is 10.7 Å². The van der Waals surface area contributed by atoms with Gasteiger partial charge in [-0.2, -0.15) is 0 Å². The fraction of sp³-hybridized carbons (Fsp3) is 0.519. The molecular weight excluding hydrogens is 486 g/mol. The molecule has 2 saturated carbocycles. The summed E-state index contributed by atoms with van der Waals surface area (Å²) < 4.78 is 28.2. The van der Waals surface area contributed by atoms with E-state index in [0.717, 1.165) is 54.8 Å². The summed E-state index contributed by atoms with van der Waals surface area (Å²) in [7, 11) is -3.37. The quantitative estimate of drug-likeness (QED) is 0.524. The van der Waals surface area contributed by atoms with Gasteiger partial charge in [0.25, 0.3) is 0 Å². The summed E-state index contributed by atoms with van der Waals surface area (Å²) in [5.41, 5.74) is 5.03. The highest BCUT2D eigenvalue weighted by atomic mass is 32.2. The number of pyridine rings is 1. The molecule has 7 rings (SSSR count). The van der Waals surface area contributed by atoms with Crippen molar-refractivity contribution in [2.45, 2.75) is 44.9 Å². The van der Waals surface area contributed by atoms with Crippen LogP contribution in [-0.4, -0.2) is 60.8 Å². The van der Waals surface area contributed by atoms with Crippen molar-refractivity contribution in [3.05, 3.63) is 42.6 Å². The SMILES string of the molecule is CS(=O)(=O)Nc1ccc(-n2cc(-c3cccc(N4CC5(CCC5)C4)n3)nn2)c(N2CCC3(CC2)CC3)c1. The van der Waals surface area contributed by atoms with Crippen LogP contribution in [0, 0.1) is 10.8 Å². The molecule has 2 aromatic heterocycles. The number of hydrogen-bond acceptors (Lipinski definition) is 7. The summed E-state index contributed by atoms with van der Waals surface area (Å²) in [6.07, 6.45) is 12.2. The van der Waals surface area contributed by atoms with Crippen molar-refractivity contribution in [3.8, 4) is 17.1 Å². The number of nitrogens with one attached hydrogen (secondary N) is 1. The highest BCUT2D eigenvalue weighted by molar-refractivity contribution is 7.92. The predicted molar refractivity (Wildman–Crippen MR) is 145 cm³/mol. The Bertz CT molecular complexity index is 1440. The molecule has 4 heterocycles. The average Bonchev–Trinajstić information content (AvgIpc) is 3.38. The molecule has 2 spiro atoms. The van der Waals surface area contributed by atoms with Crippen LogP contribution in [0.25, 0.3) is 17.1 Å². The van der Waals surface area contributed by atoms with Gasteiger partial charge in [0, 0.05) is 31.6 Å². The maximum atomic E-state index is 11.9. The van der Waals surface area contributed by atoms with Crippen LogP contribution >= 0.6 is 0 Å². The zero-order chi connectivity index (χ0) is 25.3. The first-order valence-electron chi connectivity index (χ1n) is 13.3. The minimum Gasteiger partial charge on any atom is -0.370 e. The van der Waals surface area contributed by atoms with Crippen LogP contribution in [0.1, 0.15) is 44.9 Å². The molecule has 2 saturated heterocycles. The summed E-state index contributed by atoms with van der Waals surface area (Å²) in [5, 5.41) is 8.93. The van der Waals surface area contributed by atoms with Crippen LogP contribution in [-0.2, 0) is 10.0 Å². The Morgan fingerprint density at radius 1 is 0.865 bits per heavy atom. The minimum absolute atomic E-state index is 0.545. The minimum atomic E-state index is -3.37. The topological polar surface area (TPSA) is 96.2 Å². The standard InChI is InChI=1S/C27H33N7O2S/c1-37(35,36)30-20-6-7-23(24(16-20)32-14-12-26(10-11-26)13-15-32)34-17-22(29-31-34)21-4-2-5-25(28-21)33-18-27(19-33)8-3-9-27/h2,4-7,16-17,30H,3,8-15,18-19H2,1H3. The maximum Gasteiger partial charge on any atom is 0.229 e. The van der Waals surface area contributed by atoms with E-state index in [0.29, 0.717) is 16.5 Å². The van der Waals surface area contributed by atoms with Crippen LogP contribution in [0.15, 0.2) is 42.6 Å². The summed E-state index contributed by atoms with van der Waals surface area (Å²) in [4.78, 5) is 9.63. The van der Waals surface area contributed by atoms with Gasteiger partial charge < -0.3 is 9.80 Å². The third kappa shape index (κ3) is 4.35. The fourth-order valence-electron chi connectivity index (χ4n) is 6.31. The zero-order valence-electron chi connectivity index (χ0n) is 21.2. The van der Waals surface area contributed by atoms with Crippen molar-refractivity contribution in [1.82, 2.24) is 20.0 Å². The van der Waals surface area contributed by atoms with Crippen LogP contribution in [0.2, 0.25) is 0 Å². The summed E-state index contributed by atoms with van der Waals surface area (Å²) in [6.45, 7) is 4.12. The highest BCUT2D eigenvalue weighted by Crippen LogP contribution is 2.54. The highest BCUT2D eigenvalue weighted by Gasteiger charge is 2.47. The van der Waals surface area contributed by atoms with Crippen LogP contribution in [0.4, 0.5) is 17.2 Å². The number of hydrogen-bond donors (Lipinski definition) is 1. The molecule has 1 aromatic carbocycles. The van der Waals surface area contributed by atoms with Gasteiger partial charge >= 0.3 is 0 Å². The largest absolute Gasteiger partial charge is 0.370 e. The lowest BCUT2D eigenvalue weighted by Gasteiger charge is -2.56. The normalized spacial score (nSPS) is 21.5. The second kappa shape index (κ2) is 8.18. The molecule has 37 heavy (non-hydrogen) atoms. The summed E-state index contributed by atoms with van der Waals surface area (Å²) >= 11 is 0. The number of rotatable bonds is 6. The Kier molecular flexibility index (Phi) is 5.09. The van der Waals surface area contributed by atoms with Gasteiger partial charge in [0.2, 0.25) is 10.0 Å². The zero-order valence-corrected chi connectivity index (χ0v) is 22.0. The van der Waals surface area contributed by atoms with Gasteiger partial charge in [-0.15, -0.1) is 5.10 Å². The second-order valence-corrected chi connectivity index (χ2v) is 13.5. The Balaban J connectivity index is 1.17. The lowest BCUT2D eigenvalue weighted by molar-refractivity contribution is 0.0897. The van der Waals surface area contributed by atoms with Gasteiger partial charge in [-0.1, -0.05) is 17.7 Å². The molecule has 0 unspecified atom stereocenters. The Morgan fingerprint density at radius 2 is 1.65 bits per heavy atom. The number of anilines is 3. The molecule has 3 aromatic rings. The number of piperidine rings is 1. The monoisotopic (exact) mass is 519 g/mol. The average molecular weight is 520 g/mol.